The van der Waals surface area contributed by atoms with Gasteiger partial charge in [0.1, 0.15) is 0 Å². The first kappa shape index (κ1) is 35.9. The van der Waals surface area contributed by atoms with Gasteiger partial charge in [-0.2, -0.15) is 0 Å². The van der Waals surface area contributed by atoms with Crippen molar-refractivity contribution in [1.82, 2.24) is 5.32 Å². The molecule has 2 N–H and O–H groups in total. The Morgan fingerprint density at radius 3 is 2.39 bits per heavy atom. The van der Waals surface area contributed by atoms with Crippen LogP contribution in [0, 0.1) is 46.3 Å². The number of fused-ring (bicyclic) bond motifs is 5. The Kier molecular flexibility index (Phi) is 11.4. The quantitative estimate of drug-likeness (QED) is 0.174. The summed E-state index contributed by atoms with van der Waals surface area (Å²) in [5.41, 5.74) is 1.85. The van der Waals surface area contributed by atoms with E-state index in [1.54, 1.807) is 0 Å². The monoisotopic (exact) mass is 652 g/mol. The third-order valence-corrected chi connectivity index (χ3v) is 19.0. The van der Waals surface area contributed by atoms with Gasteiger partial charge in [0.25, 0.3) is 0 Å². The fourth-order valence-corrected chi connectivity index (χ4v) is 11.8. The molecule has 4 aliphatic carbocycles. The summed E-state index contributed by atoms with van der Waals surface area (Å²) in [5, 5.41) is 6.16. The molecule has 0 aromatic heterocycles. The molecular weight excluding hydrogens is 585 g/mol. The Hall–Kier alpha value is -1.37. The Balaban J connectivity index is 1.05. The maximum absolute atomic E-state index is 12.2. The van der Waals surface area contributed by atoms with Crippen LogP contribution in [0.2, 0.25) is 18.1 Å². The molecule has 9 atom stereocenters. The van der Waals surface area contributed by atoms with Crippen molar-refractivity contribution in [3.05, 3.63) is 30.3 Å². The fraction of sp³-hybridized carbons (Fsp3) is 0.825. The maximum Gasteiger partial charge on any atom is 0.319 e. The van der Waals surface area contributed by atoms with Gasteiger partial charge in [-0.3, -0.25) is 0 Å². The molecule has 5 nitrogen and oxygen atoms in total. The predicted molar refractivity (Wildman–Crippen MR) is 195 cm³/mol. The number of amides is 2. The smallest absolute Gasteiger partial charge is 0.319 e. The van der Waals surface area contributed by atoms with Crippen molar-refractivity contribution in [2.75, 3.05) is 25.1 Å². The van der Waals surface area contributed by atoms with Gasteiger partial charge in [0.05, 0.1) is 6.10 Å². The Morgan fingerprint density at radius 2 is 1.65 bits per heavy atom. The second kappa shape index (κ2) is 14.6. The number of rotatable bonds is 12. The first-order valence-corrected chi connectivity index (χ1v) is 22.0. The number of hydrogen-bond acceptors (Lipinski definition) is 3. The molecule has 4 saturated carbocycles. The van der Waals surface area contributed by atoms with Crippen molar-refractivity contribution < 1.29 is 14.0 Å². The molecule has 4 fully saturated rings. The van der Waals surface area contributed by atoms with Gasteiger partial charge in [0, 0.05) is 25.4 Å². The number of carbonyl (C=O) groups is 1. The van der Waals surface area contributed by atoms with Gasteiger partial charge >= 0.3 is 6.03 Å². The van der Waals surface area contributed by atoms with E-state index in [2.05, 4.69) is 65.3 Å². The molecule has 5 rings (SSSR count). The van der Waals surface area contributed by atoms with E-state index >= 15 is 0 Å². The summed E-state index contributed by atoms with van der Waals surface area (Å²) in [7, 11) is -1.65. The fourth-order valence-electron chi connectivity index (χ4n) is 10.7. The minimum atomic E-state index is -1.65. The lowest BCUT2D eigenvalue weighted by Gasteiger charge is -2.61. The van der Waals surface area contributed by atoms with Gasteiger partial charge in [0.2, 0.25) is 0 Å². The number of benzene rings is 1. The summed E-state index contributed by atoms with van der Waals surface area (Å²) in [6.45, 7) is 22.1. The van der Waals surface area contributed by atoms with E-state index in [0.29, 0.717) is 28.5 Å². The molecule has 0 radical (unpaired) electrons. The van der Waals surface area contributed by atoms with Crippen molar-refractivity contribution in [2.24, 2.45) is 46.3 Å². The van der Waals surface area contributed by atoms with Crippen molar-refractivity contribution in [1.29, 1.82) is 0 Å². The van der Waals surface area contributed by atoms with Crippen LogP contribution in [0.5, 0.6) is 0 Å². The van der Waals surface area contributed by atoms with E-state index in [1.165, 1.54) is 70.6 Å². The highest BCUT2D eigenvalue weighted by Gasteiger charge is 2.60. The zero-order chi connectivity index (χ0) is 33.2. The van der Waals surface area contributed by atoms with Gasteiger partial charge in [0.15, 0.2) is 8.32 Å². The van der Waals surface area contributed by atoms with Crippen molar-refractivity contribution in [2.45, 2.75) is 143 Å². The standard InChI is InChI=1S/C40H68N2O3Si/c1-29(14-12-27-45-46(7,8)38(2,3)4)34-19-20-35-33-18-17-30-28-32(21-23-39(30,5)36(33)22-24-40(34,35)6)44-26-13-25-41-37(43)42-31-15-10-9-11-16-31/h9-11,15-16,29-30,32-36H,12-14,17-28H2,1-8H3,(H2,41,42,43)/t29-,30-,32-,33+,34-,35+,36+,39+,40-/m1/s1. The maximum atomic E-state index is 12.2. The predicted octanol–water partition coefficient (Wildman–Crippen LogP) is 10.7. The first-order chi connectivity index (χ1) is 21.7. The van der Waals surface area contributed by atoms with Crippen LogP contribution < -0.4 is 10.6 Å². The van der Waals surface area contributed by atoms with Crippen molar-refractivity contribution in [3.63, 3.8) is 0 Å². The molecule has 0 bridgehead atoms. The van der Waals surface area contributed by atoms with Crippen LogP contribution in [0.25, 0.3) is 0 Å². The molecule has 6 heteroatoms. The van der Waals surface area contributed by atoms with E-state index in [4.69, 9.17) is 9.16 Å². The Labute approximate surface area is 283 Å². The van der Waals surface area contributed by atoms with Crippen LogP contribution in [-0.2, 0) is 9.16 Å². The van der Waals surface area contributed by atoms with E-state index in [0.717, 1.165) is 60.8 Å². The normalized spacial score (nSPS) is 35.0. The second-order valence-electron chi connectivity index (χ2n) is 18.0. The molecule has 0 heterocycles. The lowest BCUT2D eigenvalue weighted by molar-refractivity contribution is -0.136. The highest BCUT2D eigenvalue weighted by atomic mass is 28.4. The number of carbonyl (C=O) groups excluding carboxylic acids is 1. The lowest BCUT2D eigenvalue weighted by atomic mass is 9.44. The van der Waals surface area contributed by atoms with Crippen LogP contribution in [0.1, 0.15) is 119 Å². The first-order valence-electron chi connectivity index (χ1n) is 19.1. The summed E-state index contributed by atoms with van der Waals surface area (Å²) in [6.07, 6.45) is 16.2. The van der Waals surface area contributed by atoms with E-state index < -0.39 is 8.32 Å². The van der Waals surface area contributed by atoms with Gasteiger partial charge in [-0.25, -0.2) is 4.79 Å². The molecule has 0 spiro atoms. The molecule has 260 valence electrons. The molecule has 1 aromatic carbocycles. The van der Waals surface area contributed by atoms with E-state index in [9.17, 15) is 4.79 Å². The molecule has 2 amide bonds. The van der Waals surface area contributed by atoms with Crippen LogP contribution in [0.3, 0.4) is 0 Å². The largest absolute Gasteiger partial charge is 0.417 e. The summed E-state index contributed by atoms with van der Waals surface area (Å²) in [6, 6.07) is 9.47. The third kappa shape index (κ3) is 7.75. The van der Waals surface area contributed by atoms with Crippen LogP contribution in [0.15, 0.2) is 30.3 Å². The summed E-state index contributed by atoms with van der Waals surface area (Å²) in [5.74, 6) is 5.28. The number of hydrogen-bond donors (Lipinski definition) is 2. The van der Waals surface area contributed by atoms with Crippen molar-refractivity contribution >= 4 is 20.0 Å². The SMILES string of the molecule is C[C@H](CCCO[Si](C)(C)C(C)(C)C)[C@H]1CC[C@H]2[C@@H]3CC[C@@H]4C[C@H](OCCCNC(=O)Nc5ccccc5)CC[C@]4(C)[C@H]3CC[C@]12C. The molecule has 46 heavy (non-hydrogen) atoms. The van der Waals surface area contributed by atoms with Crippen LogP contribution >= 0.6 is 0 Å². The van der Waals surface area contributed by atoms with Crippen LogP contribution in [-0.4, -0.2) is 40.2 Å². The number of nitrogens with one attached hydrogen (secondary N) is 2. The summed E-state index contributed by atoms with van der Waals surface area (Å²) in [4.78, 5) is 12.2. The number of ether oxygens (including phenoxy) is 1. The van der Waals surface area contributed by atoms with Gasteiger partial charge in [-0.15, -0.1) is 0 Å². The van der Waals surface area contributed by atoms with Gasteiger partial charge < -0.3 is 19.8 Å². The highest BCUT2D eigenvalue weighted by molar-refractivity contribution is 6.74. The number of anilines is 1. The molecular formula is C40H68N2O3Si. The minimum Gasteiger partial charge on any atom is -0.417 e. The topological polar surface area (TPSA) is 59.6 Å². The average Bonchev–Trinajstić information content (AvgIpc) is 3.36. The zero-order valence-corrected chi connectivity index (χ0v) is 31.8. The molecule has 0 aliphatic heterocycles. The van der Waals surface area contributed by atoms with Gasteiger partial charge in [-0.1, -0.05) is 59.7 Å². The number of para-hydroxylation sites is 1. The lowest BCUT2D eigenvalue weighted by Crippen LogP contribution is -2.54. The van der Waals surface area contributed by atoms with Crippen molar-refractivity contribution in [3.8, 4) is 0 Å². The van der Waals surface area contributed by atoms with Gasteiger partial charge in [-0.05, 0) is 154 Å². The molecule has 0 unspecified atom stereocenters. The number of urea groups is 1. The second-order valence-corrected chi connectivity index (χ2v) is 22.8. The molecule has 0 saturated heterocycles. The zero-order valence-electron chi connectivity index (χ0n) is 30.8. The Bertz CT molecular complexity index is 1140. The molecule has 1 aromatic rings. The average molecular weight is 653 g/mol. The molecule has 4 aliphatic rings. The highest BCUT2D eigenvalue weighted by Crippen LogP contribution is 2.68. The Morgan fingerprint density at radius 1 is 0.935 bits per heavy atom. The van der Waals surface area contributed by atoms with E-state index in [1.807, 2.05) is 30.3 Å². The minimum absolute atomic E-state index is 0.144. The van der Waals surface area contributed by atoms with Crippen LogP contribution in [0.4, 0.5) is 10.5 Å². The summed E-state index contributed by atoms with van der Waals surface area (Å²) >= 11 is 0. The van der Waals surface area contributed by atoms with E-state index in [-0.39, 0.29) is 6.03 Å². The third-order valence-electron chi connectivity index (χ3n) is 14.4. The summed E-state index contributed by atoms with van der Waals surface area (Å²) < 4.78 is 13.0.